The minimum atomic E-state index is -4.47. The second-order valence-electron chi connectivity index (χ2n) is 5.13. The van der Waals surface area contributed by atoms with Crippen LogP contribution < -0.4 is 5.73 Å². The van der Waals surface area contributed by atoms with Crippen molar-refractivity contribution in [3.8, 4) is 0 Å². The molecule has 1 fully saturated rings. The second kappa shape index (κ2) is 5.85. The van der Waals surface area contributed by atoms with Crippen LogP contribution in [0, 0.1) is 0 Å². The Labute approximate surface area is 119 Å². The molecule has 0 aliphatic heterocycles. The first-order valence-electron chi connectivity index (χ1n) is 6.48. The molecule has 1 heterocycles. The van der Waals surface area contributed by atoms with Crippen molar-refractivity contribution >= 4 is 5.97 Å². The fourth-order valence-corrected chi connectivity index (χ4v) is 2.55. The van der Waals surface area contributed by atoms with E-state index in [-0.39, 0.29) is 12.0 Å². The molecule has 2 atom stereocenters. The number of nitrogens with zero attached hydrogens (tertiary/aromatic N) is 1. The number of hydrogen-bond acceptors (Lipinski definition) is 3. The Kier molecular flexibility index (Phi) is 4.32. The van der Waals surface area contributed by atoms with E-state index >= 15 is 0 Å². The Morgan fingerprint density at radius 3 is 2.67 bits per heavy atom. The molecule has 0 saturated heterocycles. The highest BCUT2D eigenvalue weighted by Crippen LogP contribution is 2.36. The number of allylic oxidation sites excluding steroid dienone is 1. The third-order valence-electron chi connectivity index (χ3n) is 3.63. The van der Waals surface area contributed by atoms with Crippen LogP contribution in [0.1, 0.15) is 36.4 Å². The maximum Gasteiger partial charge on any atom is 0.433 e. The maximum absolute atomic E-state index is 12.5. The van der Waals surface area contributed by atoms with Gasteiger partial charge in [-0.1, -0.05) is 11.6 Å². The van der Waals surface area contributed by atoms with Crippen molar-refractivity contribution < 1.29 is 23.1 Å². The Morgan fingerprint density at radius 2 is 2.14 bits per heavy atom. The first-order chi connectivity index (χ1) is 9.77. The van der Waals surface area contributed by atoms with E-state index in [0.717, 1.165) is 17.7 Å². The van der Waals surface area contributed by atoms with E-state index in [2.05, 4.69) is 4.98 Å². The van der Waals surface area contributed by atoms with Crippen LogP contribution in [0.25, 0.3) is 0 Å². The van der Waals surface area contributed by atoms with Gasteiger partial charge in [0.25, 0.3) is 0 Å². The third-order valence-corrected chi connectivity index (χ3v) is 3.63. The number of nitrogens with two attached hydrogens (primary N) is 1. The van der Waals surface area contributed by atoms with Crippen LogP contribution in [0.15, 0.2) is 30.0 Å². The second-order valence-corrected chi connectivity index (χ2v) is 5.13. The number of aromatic nitrogens is 1. The number of pyridine rings is 1. The van der Waals surface area contributed by atoms with E-state index in [1.165, 1.54) is 12.3 Å². The lowest BCUT2D eigenvalue weighted by Gasteiger charge is -2.30. The fraction of sp³-hybridized carbons (Fsp3) is 0.429. The van der Waals surface area contributed by atoms with E-state index in [1.54, 1.807) is 0 Å². The van der Waals surface area contributed by atoms with Gasteiger partial charge in [-0.3, -0.25) is 4.98 Å². The van der Waals surface area contributed by atoms with Crippen molar-refractivity contribution in [2.24, 2.45) is 5.73 Å². The van der Waals surface area contributed by atoms with Gasteiger partial charge in [0, 0.05) is 24.2 Å². The minimum Gasteiger partial charge on any atom is -0.478 e. The van der Waals surface area contributed by atoms with Gasteiger partial charge < -0.3 is 10.8 Å². The van der Waals surface area contributed by atoms with Crippen LogP contribution in [0.4, 0.5) is 13.2 Å². The molecule has 1 aliphatic rings. The minimum absolute atomic E-state index is 0.209. The first-order valence-corrected chi connectivity index (χ1v) is 6.48. The fourth-order valence-electron chi connectivity index (χ4n) is 2.55. The number of halogens is 3. The molecule has 7 heteroatoms. The normalized spacial score (nSPS) is 25.0. The van der Waals surface area contributed by atoms with Gasteiger partial charge in [-0.15, -0.1) is 0 Å². The highest BCUT2D eigenvalue weighted by atomic mass is 19.4. The molecule has 1 aliphatic carbocycles. The molecule has 0 radical (unpaired) electrons. The Balaban J connectivity index is 2.21. The zero-order chi connectivity index (χ0) is 15.6. The number of carboxylic acid groups (broad SMARTS) is 1. The quantitative estimate of drug-likeness (QED) is 0.823. The summed E-state index contributed by atoms with van der Waals surface area (Å²) in [5.74, 6) is -1.23. The monoisotopic (exact) mass is 300 g/mol. The lowest BCUT2D eigenvalue weighted by molar-refractivity contribution is -0.141. The lowest BCUT2D eigenvalue weighted by Crippen LogP contribution is -2.32. The molecule has 1 aromatic heterocycles. The Morgan fingerprint density at radius 1 is 1.43 bits per heavy atom. The molecule has 1 aromatic rings. The highest BCUT2D eigenvalue weighted by Gasteiger charge is 2.33. The molecular formula is C14H15F3N2O2. The van der Waals surface area contributed by atoms with Crippen LogP contribution >= 0.6 is 0 Å². The summed E-state index contributed by atoms with van der Waals surface area (Å²) in [5, 5.41) is 8.77. The highest BCUT2D eigenvalue weighted by molar-refractivity contribution is 5.80. The molecular weight excluding hydrogens is 285 g/mol. The van der Waals surface area contributed by atoms with Gasteiger partial charge >= 0.3 is 12.1 Å². The number of rotatable bonds is 2. The number of alkyl halides is 3. The largest absolute Gasteiger partial charge is 0.478 e. The maximum atomic E-state index is 12.5. The SMILES string of the molecule is N[C@@H]1CCC(=CC(=O)O)C[C@H]1c1ccc(C(F)(F)F)nc1. The van der Waals surface area contributed by atoms with Gasteiger partial charge in [-0.05, 0) is 30.9 Å². The van der Waals surface area contributed by atoms with Crippen molar-refractivity contribution in [2.75, 3.05) is 0 Å². The summed E-state index contributed by atoms with van der Waals surface area (Å²) in [5.41, 5.74) is 6.40. The third kappa shape index (κ3) is 3.81. The smallest absolute Gasteiger partial charge is 0.433 e. The topological polar surface area (TPSA) is 76.2 Å². The van der Waals surface area contributed by atoms with Crippen molar-refractivity contribution in [3.63, 3.8) is 0 Å². The van der Waals surface area contributed by atoms with E-state index in [0.29, 0.717) is 24.8 Å². The molecule has 0 bridgehead atoms. The summed E-state index contributed by atoms with van der Waals surface area (Å²) in [6.07, 6.45) is -0.516. The average Bonchev–Trinajstić information content (AvgIpc) is 2.39. The molecule has 0 spiro atoms. The van der Waals surface area contributed by atoms with E-state index in [9.17, 15) is 18.0 Å². The van der Waals surface area contributed by atoms with E-state index in [1.807, 2.05) is 0 Å². The standard InChI is InChI=1S/C14H15F3N2O2/c15-14(16,17)12-4-2-9(7-19-12)10-5-8(6-13(20)21)1-3-11(10)18/h2,4,6-7,10-11H,1,3,5,18H2,(H,20,21)/t10-,11+/m0/s1. The van der Waals surface area contributed by atoms with Crippen molar-refractivity contribution in [3.05, 3.63) is 41.2 Å². The summed E-state index contributed by atoms with van der Waals surface area (Å²) in [6.45, 7) is 0. The number of carboxylic acids is 1. The summed E-state index contributed by atoms with van der Waals surface area (Å²) in [6, 6.07) is 2.08. The van der Waals surface area contributed by atoms with Gasteiger partial charge in [0.05, 0.1) is 0 Å². The number of carbonyl (C=O) groups is 1. The molecule has 0 amide bonds. The van der Waals surface area contributed by atoms with Crippen LogP contribution in [0.2, 0.25) is 0 Å². The van der Waals surface area contributed by atoms with Crippen molar-refractivity contribution in [1.82, 2.24) is 4.98 Å². The first kappa shape index (κ1) is 15.5. The summed E-state index contributed by atoms with van der Waals surface area (Å²) in [7, 11) is 0. The molecule has 0 aromatic carbocycles. The Hall–Kier alpha value is -1.89. The lowest BCUT2D eigenvalue weighted by atomic mass is 9.78. The van der Waals surface area contributed by atoms with Gasteiger partial charge in [-0.25, -0.2) is 4.79 Å². The average molecular weight is 300 g/mol. The molecule has 21 heavy (non-hydrogen) atoms. The van der Waals surface area contributed by atoms with Crippen molar-refractivity contribution in [2.45, 2.75) is 37.4 Å². The summed E-state index contributed by atoms with van der Waals surface area (Å²) in [4.78, 5) is 14.1. The van der Waals surface area contributed by atoms with Gasteiger partial charge in [0.2, 0.25) is 0 Å². The number of hydrogen-bond donors (Lipinski definition) is 2. The van der Waals surface area contributed by atoms with Crippen molar-refractivity contribution in [1.29, 1.82) is 0 Å². The van der Waals surface area contributed by atoms with Gasteiger partial charge in [0.1, 0.15) is 5.69 Å². The zero-order valence-electron chi connectivity index (χ0n) is 11.1. The Bertz CT molecular complexity index is 552. The molecule has 114 valence electrons. The van der Waals surface area contributed by atoms with Crippen LogP contribution in [-0.2, 0) is 11.0 Å². The zero-order valence-corrected chi connectivity index (χ0v) is 11.1. The molecule has 4 nitrogen and oxygen atoms in total. The predicted molar refractivity (Wildman–Crippen MR) is 69.5 cm³/mol. The van der Waals surface area contributed by atoms with E-state index < -0.39 is 17.8 Å². The summed E-state index contributed by atoms with van der Waals surface area (Å²) < 4.78 is 37.4. The summed E-state index contributed by atoms with van der Waals surface area (Å²) >= 11 is 0. The molecule has 1 saturated carbocycles. The van der Waals surface area contributed by atoms with Crippen LogP contribution in [-0.4, -0.2) is 22.1 Å². The predicted octanol–water partition coefficient (Wildman–Crippen LogP) is 2.71. The molecule has 0 unspecified atom stereocenters. The van der Waals surface area contributed by atoms with Gasteiger partial charge in [-0.2, -0.15) is 13.2 Å². The van der Waals surface area contributed by atoms with E-state index in [4.69, 9.17) is 10.8 Å². The van der Waals surface area contributed by atoms with Crippen LogP contribution in [0.5, 0.6) is 0 Å². The van der Waals surface area contributed by atoms with Crippen LogP contribution in [0.3, 0.4) is 0 Å². The molecule has 2 rings (SSSR count). The molecule has 3 N–H and O–H groups in total. The van der Waals surface area contributed by atoms with Gasteiger partial charge in [0.15, 0.2) is 0 Å². The number of aliphatic carboxylic acids is 1.